The van der Waals surface area contributed by atoms with Crippen LogP contribution in [0.4, 0.5) is 4.39 Å². The Morgan fingerprint density at radius 2 is 2.02 bits per heavy atom. The summed E-state index contributed by atoms with van der Waals surface area (Å²) in [5.74, 6) is -1.13. The summed E-state index contributed by atoms with van der Waals surface area (Å²) in [5, 5.41) is 15.9. The van der Waals surface area contributed by atoms with Crippen LogP contribution in [0.25, 0.3) is 10.4 Å². The molecule has 230 valence electrons. The van der Waals surface area contributed by atoms with Crippen molar-refractivity contribution in [3.05, 3.63) is 35.0 Å². The molecule has 2 fully saturated rings. The first-order valence-electron chi connectivity index (χ1n) is 14.5. The normalized spacial score (nSPS) is 20.2. The van der Waals surface area contributed by atoms with Gasteiger partial charge < -0.3 is 31.1 Å². The van der Waals surface area contributed by atoms with E-state index < -0.39 is 47.0 Å². The van der Waals surface area contributed by atoms with E-state index in [0.29, 0.717) is 18.9 Å². The zero-order valence-electron chi connectivity index (χ0n) is 24.7. The highest BCUT2D eigenvalue weighted by molar-refractivity contribution is 7.13. The number of ether oxygens (including phenoxy) is 1. The number of nitrogens with one attached hydrogen (secondary N) is 2. The molecular weight excluding hydrogens is 561 g/mol. The van der Waals surface area contributed by atoms with Gasteiger partial charge in [0.05, 0.1) is 28.8 Å². The van der Waals surface area contributed by atoms with E-state index in [-0.39, 0.29) is 32.4 Å². The average Bonchev–Trinajstić information content (AvgIpc) is 3.35. The molecular formula is C30H42FN5O5S. The maximum Gasteiger partial charge on any atom is 0.258 e. The minimum Gasteiger partial charge on any atom is -0.493 e. The van der Waals surface area contributed by atoms with E-state index >= 15 is 0 Å². The molecule has 3 amide bonds. The number of aliphatic hydroxyl groups excluding tert-OH is 1. The second-order valence-electron chi connectivity index (χ2n) is 12.3. The molecule has 1 aromatic heterocycles. The van der Waals surface area contributed by atoms with Gasteiger partial charge >= 0.3 is 0 Å². The number of thiazole rings is 1. The van der Waals surface area contributed by atoms with Crippen molar-refractivity contribution >= 4 is 29.1 Å². The number of halogens is 1. The van der Waals surface area contributed by atoms with Crippen molar-refractivity contribution in [1.29, 1.82) is 0 Å². The predicted octanol–water partition coefficient (Wildman–Crippen LogP) is 2.85. The molecule has 1 aliphatic carbocycles. The van der Waals surface area contributed by atoms with E-state index in [1.165, 1.54) is 16.2 Å². The van der Waals surface area contributed by atoms with E-state index in [4.69, 9.17) is 10.5 Å². The maximum atomic E-state index is 14.4. The van der Waals surface area contributed by atoms with E-state index in [1.54, 1.807) is 26.3 Å². The van der Waals surface area contributed by atoms with Gasteiger partial charge in [-0.25, -0.2) is 9.37 Å². The Labute approximate surface area is 250 Å². The van der Waals surface area contributed by atoms with Gasteiger partial charge in [-0.15, -0.1) is 11.3 Å². The van der Waals surface area contributed by atoms with Gasteiger partial charge in [-0.05, 0) is 56.2 Å². The monoisotopic (exact) mass is 603 g/mol. The average molecular weight is 604 g/mol. The SMILES string of the molecule is Cc1ncsc1-c1ccc(CNC(=O)C2CC(O)CN2C(=O)C(NC(=O)C2(F)CC2)C(C)(C)C)c(OCCCCN)c1. The molecule has 12 heteroatoms. The highest BCUT2D eigenvalue weighted by Crippen LogP contribution is 2.40. The first kappa shape index (κ1) is 31.8. The zero-order chi connectivity index (χ0) is 30.7. The molecule has 42 heavy (non-hydrogen) atoms. The first-order chi connectivity index (χ1) is 19.8. The number of rotatable bonds is 12. The number of nitrogens with zero attached hydrogens (tertiary/aromatic N) is 2. The quantitative estimate of drug-likeness (QED) is 0.273. The Kier molecular flexibility index (Phi) is 9.89. The predicted molar refractivity (Wildman–Crippen MR) is 159 cm³/mol. The number of likely N-dealkylation sites (tertiary alicyclic amines) is 1. The smallest absolute Gasteiger partial charge is 0.258 e. The molecule has 2 aromatic rings. The van der Waals surface area contributed by atoms with Crippen LogP contribution in [-0.4, -0.2) is 76.3 Å². The lowest BCUT2D eigenvalue weighted by atomic mass is 9.85. The van der Waals surface area contributed by atoms with Gasteiger partial charge in [0.25, 0.3) is 5.91 Å². The fraction of sp³-hybridized carbons (Fsp3) is 0.600. The molecule has 3 unspecified atom stereocenters. The van der Waals surface area contributed by atoms with E-state index in [0.717, 1.165) is 34.5 Å². The summed E-state index contributed by atoms with van der Waals surface area (Å²) in [6.45, 7) is 8.38. The first-order valence-corrected chi connectivity index (χ1v) is 15.3. The van der Waals surface area contributed by atoms with Crippen LogP contribution in [0.5, 0.6) is 5.75 Å². The van der Waals surface area contributed by atoms with Crippen LogP contribution in [0.3, 0.4) is 0 Å². The second-order valence-corrected chi connectivity index (χ2v) is 13.1. The molecule has 10 nitrogen and oxygen atoms in total. The molecule has 3 atom stereocenters. The third-order valence-electron chi connectivity index (χ3n) is 7.73. The third-order valence-corrected chi connectivity index (χ3v) is 8.71. The molecule has 4 rings (SSSR count). The number of aryl methyl sites for hydroxylation is 1. The van der Waals surface area contributed by atoms with Crippen molar-refractivity contribution in [2.24, 2.45) is 11.1 Å². The number of β-amino-alcohol motifs (C(OH)–C–C–N with tert-alkyl or cyclic N) is 1. The number of aromatic nitrogens is 1. The molecule has 2 heterocycles. The van der Waals surface area contributed by atoms with Gasteiger partial charge in [0.15, 0.2) is 5.67 Å². The van der Waals surface area contributed by atoms with Crippen molar-refractivity contribution in [1.82, 2.24) is 20.5 Å². The Balaban J connectivity index is 1.48. The number of hydrogen-bond donors (Lipinski definition) is 4. The van der Waals surface area contributed by atoms with Gasteiger partial charge in [-0.3, -0.25) is 14.4 Å². The van der Waals surface area contributed by atoms with Crippen LogP contribution in [0.2, 0.25) is 0 Å². The fourth-order valence-corrected chi connectivity index (χ4v) is 5.80. The van der Waals surface area contributed by atoms with Crippen molar-refractivity contribution in [3.63, 3.8) is 0 Å². The number of benzene rings is 1. The highest BCUT2D eigenvalue weighted by atomic mass is 32.1. The van der Waals surface area contributed by atoms with Gasteiger partial charge in [0.2, 0.25) is 11.8 Å². The molecule has 1 saturated carbocycles. The van der Waals surface area contributed by atoms with Crippen molar-refractivity contribution in [3.8, 4) is 16.2 Å². The maximum absolute atomic E-state index is 14.4. The van der Waals surface area contributed by atoms with Crippen molar-refractivity contribution in [2.45, 2.75) is 90.2 Å². The third kappa shape index (κ3) is 7.45. The van der Waals surface area contributed by atoms with Crippen LogP contribution in [-0.2, 0) is 20.9 Å². The molecule has 1 saturated heterocycles. The molecule has 0 radical (unpaired) electrons. The summed E-state index contributed by atoms with van der Waals surface area (Å²) in [4.78, 5) is 46.3. The molecule has 1 aromatic carbocycles. The highest BCUT2D eigenvalue weighted by Gasteiger charge is 2.53. The molecule has 1 aliphatic heterocycles. The summed E-state index contributed by atoms with van der Waals surface area (Å²) in [5.41, 5.74) is 7.37. The minimum atomic E-state index is -1.94. The lowest BCUT2D eigenvalue weighted by Crippen LogP contribution is -2.59. The number of nitrogens with two attached hydrogens (primary N) is 1. The number of alkyl halides is 1. The zero-order valence-corrected chi connectivity index (χ0v) is 25.6. The number of carbonyl (C=O) groups excluding carboxylic acids is 3. The molecule has 0 spiro atoms. The summed E-state index contributed by atoms with van der Waals surface area (Å²) in [6, 6.07) is 3.79. The topological polar surface area (TPSA) is 147 Å². The van der Waals surface area contributed by atoms with Crippen molar-refractivity contribution < 1.29 is 28.6 Å². The van der Waals surface area contributed by atoms with Crippen LogP contribution < -0.4 is 21.1 Å². The largest absolute Gasteiger partial charge is 0.493 e. The summed E-state index contributed by atoms with van der Waals surface area (Å²) in [7, 11) is 0. The number of unbranched alkanes of at least 4 members (excludes halogenated alkanes) is 1. The standard InChI is InChI=1S/C30H42FN5O5S/c1-18-24(42-17-34-18)19-7-8-20(23(13-19)41-12-6-5-11-32)15-33-26(38)22-14-21(37)16-36(22)27(39)25(29(2,3)4)35-28(40)30(31)9-10-30/h7-8,13,17,21-22,25,37H,5-6,9-12,14-16,32H2,1-4H3,(H,33,38)(H,35,40). The summed E-state index contributed by atoms with van der Waals surface area (Å²) < 4.78 is 20.5. The summed E-state index contributed by atoms with van der Waals surface area (Å²) >= 11 is 1.54. The van der Waals surface area contributed by atoms with Gasteiger partial charge in [-0.2, -0.15) is 0 Å². The van der Waals surface area contributed by atoms with Gasteiger partial charge in [-0.1, -0.05) is 32.9 Å². The number of carbonyl (C=O) groups is 3. The van der Waals surface area contributed by atoms with E-state index in [9.17, 15) is 23.9 Å². The van der Waals surface area contributed by atoms with Crippen LogP contribution in [0.1, 0.15) is 64.1 Å². The minimum absolute atomic E-state index is 0.0570. The van der Waals surface area contributed by atoms with E-state index in [1.807, 2.05) is 25.1 Å². The van der Waals surface area contributed by atoms with Gasteiger partial charge in [0, 0.05) is 25.1 Å². The molecule has 0 bridgehead atoms. The Bertz CT molecular complexity index is 1290. The van der Waals surface area contributed by atoms with Crippen molar-refractivity contribution in [2.75, 3.05) is 19.7 Å². The molecule has 2 aliphatic rings. The lowest BCUT2D eigenvalue weighted by molar-refractivity contribution is -0.145. The van der Waals surface area contributed by atoms with E-state index in [2.05, 4.69) is 15.6 Å². The number of hydrogen-bond acceptors (Lipinski definition) is 8. The Morgan fingerprint density at radius 3 is 2.64 bits per heavy atom. The number of aliphatic hydroxyl groups is 1. The fourth-order valence-electron chi connectivity index (χ4n) is 5.00. The van der Waals surface area contributed by atoms with Crippen LogP contribution in [0, 0.1) is 12.3 Å². The lowest BCUT2D eigenvalue weighted by Gasteiger charge is -2.35. The summed E-state index contributed by atoms with van der Waals surface area (Å²) in [6.07, 6.45) is 1.03. The van der Waals surface area contributed by atoms with Gasteiger partial charge in [0.1, 0.15) is 17.8 Å². The molecule has 5 N–H and O–H groups in total. The van der Waals surface area contributed by atoms with Crippen LogP contribution >= 0.6 is 11.3 Å². The Hall–Kier alpha value is -3.09. The Morgan fingerprint density at radius 1 is 1.29 bits per heavy atom. The number of amides is 3. The second kappa shape index (κ2) is 13.0. The van der Waals surface area contributed by atoms with Crippen LogP contribution in [0.15, 0.2) is 23.7 Å².